The van der Waals surface area contributed by atoms with E-state index >= 15 is 0 Å². The van der Waals surface area contributed by atoms with Gasteiger partial charge in [0.2, 0.25) is 15.7 Å². The van der Waals surface area contributed by atoms with Gasteiger partial charge in [0.15, 0.2) is 0 Å². The summed E-state index contributed by atoms with van der Waals surface area (Å²) in [7, 11) is -7.78. The fourth-order valence-electron chi connectivity index (χ4n) is 0.812. The Morgan fingerprint density at radius 2 is 1.82 bits per heavy atom. The second-order valence-corrected chi connectivity index (χ2v) is 9.85. The van der Waals surface area contributed by atoms with Crippen LogP contribution in [0.1, 0.15) is 0 Å². The van der Waals surface area contributed by atoms with Crippen molar-refractivity contribution in [3.63, 3.8) is 0 Å². The molecule has 0 saturated carbocycles. The number of hydrogen-bond acceptors (Lipinski definition) is 3. The van der Waals surface area contributed by atoms with Gasteiger partial charge in [0.1, 0.15) is 0 Å². The molecule has 11 heavy (non-hydrogen) atoms. The molecule has 0 spiro atoms. The molecule has 0 amide bonds. The topological polar surface area (TPSA) is 37.1 Å². The first-order valence-electron chi connectivity index (χ1n) is 2.95. The van der Waals surface area contributed by atoms with E-state index < -0.39 is 22.9 Å². The van der Waals surface area contributed by atoms with Crippen molar-refractivity contribution < 1.29 is 8.39 Å². The van der Waals surface area contributed by atoms with Crippen LogP contribution in [0.25, 0.3) is 0 Å². The summed E-state index contributed by atoms with van der Waals surface area (Å²) in [6.07, 6.45) is 0. The molecule has 66 valence electrons. The second kappa shape index (κ2) is 2.80. The van der Waals surface area contributed by atoms with Crippen molar-refractivity contribution in [2.45, 2.75) is 0 Å². The minimum atomic E-state index is -3.14. The van der Waals surface area contributed by atoms with Crippen molar-refractivity contribution in [1.82, 2.24) is 0 Å². The average Bonchev–Trinajstić information content (AvgIpc) is 1.49. The number of hydrogen-bond donors (Lipinski definition) is 0. The highest BCUT2D eigenvalue weighted by molar-refractivity contribution is 7.79. The lowest BCUT2D eigenvalue weighted by molar-refractivity contribution is 0.872. The van der Waals surface area contributed by atoms with Gasteiger partial charge >= 0.3 is 0 Å². The molecular formula is C3H10F2N3P3. The molecule has 1 aliphatic heterocycles. The van der Waals surface area contributed by atoms with Gasteiger partial charge in [-0.2, -0.15) is 12.9 Å². The Bertz CT molecular complexity index is 300. The Balaban J connectivity index is 3.31. The molecule has 0 aliphatic carbocycles. The first-order chi connectivity index (χ1) is 4.81. The maximum absolute atomic E-state index is 13.1. The van der Waals surface area contributed by atoms with Gasteiger partial charge in [0.05, 0.1) is 7.21 Å². The first-order valence-corrected chi connectivity index (χ1v) is 8.84. The third kappa shape index (κ3) is 2.82. The standard InChI is InChI=1S/C3H10F2N3P3/c1-10(2)6-9(4)7-11(3,5)8-10/h9H,1-3H3. The van der Waals surface area contributed by atoms with E-state index in [4.69, 9.17) is 0 Å². The summed E-state index contributed by atoms with van der Waals surface area (Å²) in [5, 5.41) is 0. The summed E-state index contributed by atoms with van der Waals surface area (Å²) in [5.41, 5.74) is 0. The highest BCUT2D eigenvalue weighted by Gasteiger charge is 2.19. The number of rotatable bonds is 0. The largest absolute Gasteiger partial charge is 0.243 e. The van der Waals surface area contributed by atoms with Gasteiger partial charge in [-0.05, 0) is 13.3 Å². The minimum absolute atomic E-state index is 1.27. The van der Waals surface area contributed by atoms with Crippen LogP contribution in [0.4, 0.5) is 8.39 Å². The van der Waals surface area contributed by atoms with Crippen molar-refractivity contribution in [1.29, 1.82) is 0 Å². The molecule has 1 aliphatic rings. The molecule has 2 atom stereocenters. The third-order valence-electron chi connectivity index (χ3n) is 0.974. The van der Waals surface area contributed by atoms with E-state index in [-0.39, 0.29) is 0 Å². The molecule has 1 rings (SSSR count). The van der Waals surface area contributed by atoms with Crippen molar-refractivity contribution in [2.75, 3.05) is 20.0 Å². The predicted molar refractivity (Wildman–Crippen MR) is 49.4 cm³/mol. The third-order valence-corrected chi connectivity index (χ3v) is 8.77. The van der Waals surface area contributed by atoms with E-state index in [9.17, 15) is 8.39 Å². The summed E-state index contributed by atoms with van der Waals surface area (Å²) in [6, 6.07) is 0. The van der Waals surface area contributed by atoms with Crippen LogP contribution in [-0.4, -0.2) is 20.0 Å². The van der Waals surface area contributed by atoms with Crippen LogP contribution < -0.4 is 0 Å². The van der Waals surface area contributed by atoms with Gasteiger partial charge in [-0.3, -0.25) is 0 Å². The van der Waals surface area contributed by atoms with E-state index in [2.05, 4.69) is 13.5 Å². The molecule has 0 saturated heterocycles. The average molecular weight is 219 g/mol. The normalized spacial score (nSPS) is 41.7. The Labute approximate surface area is 65.6 Å². The molecule has 3 nitrogen and oxygen atoms in total. The molecule has 1 heterocycles. The van der Waals surface area contributed by atoms with Gasteiger partial charge in [-0.25, -0.2) is 9.03 Å². The van der Waals surface area contributed by atoms with E-state index in [0.29, 0.717) is 0 Å². The van der Waals surface area contributed by atoms with E-state index in [1.807, 2.05) is 0 Å². The van der Waals surface area contributed by atoms with Crippen LogP contribution in [-0.2, 0) is 0 Å². The van der Waals surface area contributed by atoms with Crippen LogP contribution in [0.3, 0.4) is 0 Å². The highest BCUT2D eigenvalue weighted by atomic mass is 31.3. The highest BCUT2D eigenvalue weighted by Crippen LogP contribution is 2.69. The lowest BCUT2D eigenvalue weighted by Crippen LogP contribution is -1.72. The lowest BCUT2D eigenvalue weighted by atomic mass is 11.9. The maximum Gasteiger partial charge on any atom is 0.243 e. The molecule has 0 aromatic carbocycles. The summed E-state index contributed by atoms with van der Waals surface area (Å²) < 4.78 is 36.6. The van der Waals surface area contributed by atoms with Crippen molar-refractivity contribution in [3.8, 4) is 0 Å². The zero-order chi connectivity index (χ0) is 8.70. The molecule has 8 heteroatoms. The second-order valence-electron chi connectivity index (χ2n) is 2.70. The SMILES string of the molecule is CP1(C)=N[PH](F)=NP(C)(F)=N1. The molecule has 2 unspecified atom stereocenters. The van der Waals surface area contributed by atoms with Crippen LogP contribution in [0.2, 0.25) is 0 Å². The number of nitrogens with zero attached hydrogens (tertiary/aromatic N) is 3. The summed E-state index contributed by atoms with van der Waals surface area (Å²) in [4.78, 5) is 0. The molecule has 0 radical (unpaired) electrons. The zero-order valence-corrected chi connectivity index (χ0v) is 9.28. The van der Waals surface area contributed by atoms with Gasteiger partial charge in [-0.1, -0.05) is 0 Å². The Hall–Kier alpha value is 0.550. The van der Waals surface area contributed by atoms with Gasteiger partial charge in [0.25, 0.3) is 0 Å². The fraction of sp³-hybridized carbons (Fsp3) is 1.00. The van der Waals surface area contributed by atoms with Gasteiger partial charge in [0, 0.05) is 6.66 Å². The summed E-state index contributed by atoms with van der Waals surface area (Å²) in [5.74, 6) is 0. The van der Waals surface area contributed by atoms with Crippen molar-refractivity contribution in [2.24, 2.45) is 13.5 Å². The molecule has 0 aromatic rings. The molecule has 0 bridgehead atoms. The fourth-order valence-corrected chi connectivity index (χ4v) is 8.39. The molecular weight excluding hydrogens is 209 g/mol. The van der Waals surface area contributed by atoms with Crippen molar-refractivity contribution in [3.05, 3.63) is 0 Å². The molecule has 0 fully saturated rings. The summed E-state index contributed by atoms with van der Waals surface area (Å²) in [6.45, 7) is 4.67. The van der Waals surface area contributed by atoms with Gasteiger partial charge < -0.3 is 0 Å². The number of halogens is 2. The van der Waals surface area contributed by atoms with E-state index in [1.165, 1.54) is 6.66 Å². The van der Waals surface area contributed by atoms with E-state index in [0.717, 1.165) is 0 Å². The smallest absolute Gasteiger partial charge is 0.215 e. The Morgan fingerprint density at radius 3 is 2.18 bits per heavy atom. The van der Waals surface area contributed by atoms with Crippen LogP contribution in [0.5, 0.6) is 0 Å². The van der Waals surface area contributed by atoms with E-state index in [1.54, 1.807) is 13.3 Å². The maximum atomic E-state index is 13.1. The van der Waals surface area contributed by atoms with Crippen LogP contribution >= 0.6 is 22.9 Å². The molecule has 0 N–H and O–H groups in total. The van der Waals surface area contributed by atoms with Crippen LogP contribution in [0, 0.1) is 0 Å². The van der Waals surface area contributed by atoms with Gasteiger partial charge in [-0.15, -0.1) is 0 Å². The first kappa shape index (κ1) is 9.64. The van der Waals surface area contributed by atoms with Crippen LogP contribution in [0.15, 0.2) is 13.5 Å². The monoisotopic (exact) mass is 219 g/mol. The predicted octanol–water partition coefficient (Wildman–Crippen LogP) is 4.20. The summed E-state index contributed by atoms with van der Waals surface area (Å²) >= 11 is 0. The Morgan fingerprint density at radius 1 is 1.27 bits per heavy atom. The Kier molecular flexibility index (Phi) is 2.45. The minimum Gasteiger partial charge on any atom is -0.215 e. The molecule has 0 aromatic heterocycles. The quantitative estimate of drug-likeness (QED) is 0.547. The van der Waals surface area contributed by atoms with Crippen molar-refractivity contribution >= 4 is 22.9 Å². The lowest BCUT2D eigenvalue weighted by Gasteiger charge is -2.16. The zero-order valence-electron chi connectivity index (χ0n) is 6.49.